The van der Waals surface area contributed by atoms with Crippen LogP contribution >= 0.6 is 0 Å². The van der Waals surface area contributed by atoms with Gasteiger partial charge in [0.1, 0.15) is 11.3 Å². The summed E-state index contributed by atoms with van der Waals surface area (Å²) in [5.74, 6) is 1.57. The van der Waals surface area contributed by atoms with Gasteiger partial charge < -0.3 is 14.1 Å². The van der Waals surface area contributed by atoms with Crippen molar-refractivity contribution < 1.29 is 13.9 Å². The second kappa shape index (κ2) is 5.59. The highest BCUT2D eigenvalue weighted by Gasteiger charge is 2.35. The van der Waals surface area contributed by atoms with Gasteiger partial charge in [0, 0.05) is 30.9 Å². The van der Waals surface area contributed by atoms with Crippen molar-refractivity contribution in [2.75, 3.05) is 25.1 Å². The van der Waals surface area contributed by atoms with Gasteiger partial charge in [-0.05, 0) is 19.1 Å². The van der Waals surface area contributed by atoms with Crippen LogP contribution in [-0.2, 0) is 4.74 Å². The Hall–Kier alpha value is -2.96. The number of anilines is 1. The maximum absolute atomic E-state index is 11.6. The number of hydrogen-bond acceptors (Lipinski definition) is 7. The maximum atomic E-state index is 11.6. The van der Waals surface area contributed by atoms with Crippen molar-refractivity contribution in [1.29, 1.82) is 0 Å². The monoisotopic (exact) mass is 324 g/mol. The Bertz CT molecular complexity index is 910. The number of methoxy groups -OCH3 is 1. The normalized spacial score (nSPS) is 14.7. The molecule has 0 N–H and O–H groups in total. The first-order chi connectivity index (χ1) is 11.7. The van der Waals surface area contributed by atoms with E-state index in [-0.39, 0.29) is 11.6 Å². The number of aryl methyl sites for hydroxylation is 1. The van der Waals surface area contributed by atoms with Gasteiger partial charge in [0.05, 0.1) is 13.0 Å². The average molecular weight is 324 g/mol. The van der Waals surface area contributed by atoms with Crippen molar-refractivity contribution in [2.24, 2.45) is 0 Å². The molecule has 1 aliphatic heterocycles. The van der Waals surface area contributed by atoms with E-state index in [1.54, 1.807) is 19.3 Å². The molecular weight excluding hydrogens is 308 g/mol. The van der Waals surface area contributed by atoms with Crippen LogP contribution in [0.2, 0.25) is 0 Å². The van der Waals surface area contributed by atoms with Crippen molar-refractivity contribution in [3.63, 3.8) is 0 Å². The van der Waals surface area contributed by atoms with Gasteiger partial charge >= 0.3 is 5.97 Å². The van der Waals surface area contributed by atoms with Gasteiger partial charge in [0.15, 0.2) is 11.5 Å². The molecule has 0 spiro atoms. The van der Waals surface area contributed by atoms with E-state index >= 15 is 0 Å². The Labute approximate surface area is 138 Å². The number of carbonyl (C=O) groups is 1. The Kier molecular flexibility index (Phi) is 3.41. The van der Waals surface area contributed by atoms with Crippen LogP contribution in [0.3, 0.4) is 0 Å². The highest BCUT2D eigenvalue weighted by atomic mass is 16.5. The van der Waals surface area contributed by atoms with Crippen LogP contribution in [0.5, 0.6) is 0 Å². The van der Waals surface area contributed by atoms with Gasteiger partial charge in [-0.2, -0.15) is 0 Å². The Morgan fingerprint density at radius 3 is 2.92 bits per heavy atom. The molecule has 1 aliphatic rings. The Morgan fingerprint density at radius 1 is 1.29 bits per heavy atom. The molecule has 0 aromatic carbocycles. The van der Waals surface area contributed by atoms with E-state index < -0.39 is 5.97 Å². The molecule has 0 amide bonds. The topological polar surface area (TPSA) is 81.4 Å². The van der Waals surface area contributed by atoms with E-state index in [1.807, 2.05) is 18.2 Å². The zero-order valence-corrected chi connectivity index (χ0v) is 13.4. The molecule has 7 nitrogen and oxygen atoms in total. The van der Waals surface area contributed by atoms with E-state index in [1.165, 1.54) is 7.11 Å². The van der Waals surface area contributed by atoms with E-state index in [0.717, 1.165) is 29.8 Å². The summed E-state index contributed by atoms with van der Waals surface area (Å²) < 4.78 is 10.3. The van der Waals surface area contributed by atoms with Crippen molar-refractivity contribution in [1.82, 2.24) is 15.0 Å². The predicted molar refractivity (Wildman–Crippen MR) is 87.1 cm³/mol. The van der Waals surface area contributed by atoms with Crippen molar-refractivity contribution in [3.05, 3.63) is 47.9 Å². The van der Waals surface area contributed by atoms with Crippen molar-refractivity contribution in [3.8, 4) is 0 Å². The first-order valence-corrected chi connectivity index (χ1v) is 7.67. The second-order valence-electron chi connectivity index (χ2n) is 5.76. The van der Waals surface area contributed by atoms with Crippen LogP contribution in [0, 0.1) is 6.92 Å². The summed E-state index contributed by atoms with van der Waals surface area (Å²) in [6, 6.07) is 5.88. The summed E-state index contributed by atoms with van der Waals surface area (Å²) in [7, 11) is 1.33. The Morgan fingerprint density at radius 2 is 2.12 bits per heavy atom. The first kappa shape index (κ1) is 14.6. The fraction of sp³-hybridized carbons (Fsp3) is 0.294. The lowest BCUT2D eigenvalue weighted by Crippen LogP contribution is -2.45. The SMILES string of the molecule is COC(=O)c1nc(C2CN(c3nccc4cccnc34)C2)oc1C. The second-order valence-corrected chi connectivity index (χ2v) is 5.76. The molecule has 0 bridgehead atoms. The maximum Gasteiger partial charge on any atom is 0.360 e. The van der Waals surface area contributed by atoms with Crippen molar-refractivity contribution in [2.45, 2.75) is 12.8 Å². The summed E-state index contributed by atoms with van der Waals surface area (Å²) in [5.41, 5.74) is 1.13. The Balaban J connectivity index is 1.55. The van der Waals surface area contributed by atoms with Crippen LogP contribution < -0.4 is 4.90 Å². The van der Waals surface area contributed by atoms with Crippen LogP contribution in [-0.4, -0.2) is 41.1 Å². The lowest BCUT2D eigenvalue weighted by molar-refractivity contribution is 0.0593. The summed E-state index contributed by atoms with van der Waals surface area (Å²) in [6.45, 7) is 3.17. The summed E-state index contributed by atoms with van der Waals surface area (Å²) in [4.78, 5) is 27.0. The van der Waals surface area contributed by atoms with Crippen LogP contribution in [0.1, 0.15) is 28.1 Å². The predicted octanol–water partition coefficient (Wildman–Crippen LogP) is 2.32. The molecular formula is C17H16N4O3. The molecule has 0 unspecified atom stereocenters. The van der Waals surface area contributed by atoms with E-state index in [4.69, 9.17) is 9.15 Å². The van der Waals surface area contributed by atoms with E-state index in [2.05, 4.69) is 19.9 Å². The number of pyridine rings is 2. The van der Waals surface area contributed by atoms with Gasteiger partial charge in [-0.25, -0.2) is 14.8 Å². The molecule has 0 atom stereocenters. The molecule has 3 aromatic heterocycles. The standard InChI is InChI=1S/C17H16N4O3/c1-10-13(17(22)23-2)20-16(24-10)12-8-21(9-12)15-14-11(5-7-19-15)4-3-6-18-14/h3-7,12H,8-9H2,1-2H3. The molecule has 4 heterocycles. The number of hydrogen-bond donors (Lipinski definition) is 0. The zero-order chi connectivity index (χ0) is 16.7. The number of rotatable bonds is 3. The summed E-state index contributed by atoms with van der Waals surface area (Å²) in [6.07, 6.45) is 3.56. The lowest BCUT2D eigenvalue weighted by Gasteiger charge is -2.38. The minimum atomic E-state index is -0.474. The van der Waals surface area contributed by atoms with Gasteiger partial charge in [0.25, 0.3) is 0 Å². The summed E-state index contributed by atoms with van der Waals surface area (Å²) in [5, 5.41) is 1.06. The molecule has 0 saturated carbocycles. The smallest absolute Gasteiger partial charge is 0.360 e. The zero-order valence-electron chi connectivity index (χ0n) is 13.4. The third-order valence-corrected chi connectivity index (χ3v) is 4.22. The van der Waals surface area contributed by atoms with E-state index in [0.29, 0.717) is 11.7 Å². The molecule has 1 saturated heterocycles. The molecule has 7 heteroatoms. The number of ether oxygens (including phenoxy) is 1. The number of oxazole rings is 1. The first-order valence-electron chi connectivity index (χ1n) is 7.67. The van der Waals surface area contributed by atoms with Crippen LogP contribution in [0.15, 0.2) is 35.0 Å². The lowest BCUT2D eigenvalue weighted by atomic mass is 10.00. The summed E-state index contributed by atoms with van der Waals surface area (Å²) >= 11 is 0. The minimum Gasteiger partial charge on any atom is -0.464 e. The number of esters is 1. The molecule has 122 valence electrons. The fourth-order valence-corrected chi connectivity index (χ4v) is 2.91. The largest absolute Gasteiger partial charge is 0.464 e. The highest BCUT2D eigenvalue weighted by molar-refractivity contribution is 5.89. The molecule has 3 aromatic rings. The number of aromatic nitrogens is 3. The van der Waals surface area contributed by atoms with Gasteiger partial charge in [-0.15, -0.1) is 0 Å². The van der Waals surface area contributed by atoms with Crippen molar-refractivity contribution >= 4 is 22.7 Å². The average Bonchev–Trinajstić information content (AvgIpc) is 2.94. The number of fused-ring (bicyclic) bond motifs is 1. The third-order valence-electron chi connectivity index (χ3n) is 4.22. The van der Waals surface area contributed by atoms with E-state index in [9.17, 15) is 4.79 Å². The van der Waals surface area contributed by atoms with Gasteiger partial charge in [-0.1, -0.05) is 6.07 Å². The highest BCUT2D eigenvalue weighted by Crippen LogP contribution is 2.33. The molecule has 1 fully saturated rings. The van der Waals surface area contributed by atoms with Crippen LogP contribution in [0.4, 0.5) is 5.82 Å². The molecule has 0 radical (unpaired) electrons. The van der Waals surface area contributed by atoms with Gasteiger partial charge in [-0.3, -0.25) is 4.98 Å². The third kappa shape index (κ3) is 2.29. The quantitative estimate of drug-likeness (QED) is 0.684. The fourth-order valence-electron chi connectivity index (χ4n) is 2.91. The van der Waals surface area contributed by atoms with Gasteiger partial charge in [0.2, 0.25) is 5.89 Å². The molecule has 0 aliphatic carbocycles. The molecule has 24 heavy (non-hydrogen) atoms. The molecule has 4 rings (SSSR count). The number of nitrogens with zero attached hydrogens (tertiary/aromatic N) is 4. The number of carbonyl (C=O) groups excluding carboxylic acids is 1. The minimum absolute atomic E-state index is 0.128. The van der Waals surface area contributed by atoms with Crippen LogP contribution in [0.25, 0.3) is 10.9 Å².